The molecule has 1 aliphatic heterocycles. The molecule has 4 nitrogen and oxygen atoms in total. The molecule has 1 aliphatic carbocycles. The van der Waals surface area contributed by atoms with Gasteiger partial charge in [0, 0.05) is 18.8 Å². The molecule has 1 fully saturated rings. The quantitative estimate of drug-likeness (QED) is 0.792. The van der Waals surface area contributed by atoms with Gasteiger partial charge in [0.25, 0.3) is 0 Å². The van der Waals surface area contributed by atoms with Crippen molar-refractivity contribution >= 4 is 5.91 Å². The van der Waals surface area contributed by atoms with Gasteiger partial charge in [-0.25, -0.2) is 0 Å². The third-order valence-corrected chi connectivity index (χ3v) is 3.07. The zero-order valence-electron chi connectivity index (χ0n) is 10.3. The average Bonchev–Trinajstić information content (AvgIpc) is 2.33. The fraction of sp³-hybridized carbons (Fsp3) is 0.615. The minimum Gasteiger partial charge on any atom is -0.379 e. The highest BCUT2D eigenvalue weighted by Crippen LogP contribution is 2.13. The fourth-order valence-corrected chi connectivity index (χ4v) is 1.98. The van der Waals surface area contributed by atoms with Crippen LogP contribution >= 0.6 is 0 Å². The van der Waals surface area contributed by atoms with Crippen LogP contribution in [0.15, 0.2) is 23.9 Å². The number of hydrogen-bond donors (Lipinski definition) is 1. The number of hydrogen-bond acceptors (Lipinski definition) is 3. The summed E-state index contributed by atoms with van der Waals surface area (Å²) in [5, 5.41) is 2.94. The molecule has 1 atom stereocenters. The van der Waals surface area contributed by atoms with Gasteiger partial charge in [-0.3, -0.25) is 9.69 Å². The van der Waals surface area contributed by atoms with Gasteiger partial charge in [-0.15, -0.1) is 0 Å². The summed E-state index contributed by atoms with van der Waals surface area (Å²) in [5.41, 5.74) is 0.932. The van der Waals surface area contributed by atoms with Crippen LogP contribution in [0.2, 0.25) is 0 Å². The van der Waals surface area contributed by atoms with Crippen molar-refractivity contribution in [2.24, 2.45) is 5.92 Å². The van der Waals surface area contributed by atoms with Crippen LogP contribution < -0.4 is 5.32 Å². The molecule has 2 aliphatic rings. The number of carbonyl (C=O) groups is 1. The van der Waals surface area contributed by atoms with E-state index in [0.717, 1.165) is 38.4 Å². The van der Waals surface area contributed by atoms with Crippen LogP contribution in [0.3, 0.4) is 0 Å². The van der Waals surface area contributed by atoms with E-state index in [4.69, 9.17) is 4.74 Å². The van der Waals surface area contributed by atoms with Gasteiger partial charge in [0.1, 0.15) is 0 Å². The Morgan fingerprint density at radius 3 is 2.94 bits per heavy atom. The van der Waals surface area contributed by atoms with Crippen LogP contribution in [0.4, 0.5) is 0 Å². The van der Waals surface area contributed by atoms with Gasteiger partial charge in [-0.2, -0.15) is 0 Å². The summed E-state index contributed by atoms with van der Waals surface area (Å²) in [6.45, 7) is 5.78. The molecule has 1 N–H and O–H groups in total. The summed E-state index contributed by atoms with van der Waals surface area (Å²) >= 11 is 0. The Labute approximate surface area is 102 Å². The van der Waals surface area contributed by atoms with Gasteiger partial charge in [-0.1, -0.05) is 19.1 Å². The highest BCUT2D eigenvalue weighted by atomic mass is 16.5. The zero-order valence-corrected chi connectivity index (χ0v) is 10.3. The van der Waals surface area contributed by atoms with E-state index < -0.39 is 0 Å². The number of rotatable bonds is 3. The average molecular weight is 236 g/mol. The first-order valence-electron chi connectivity index (χ1n) is 6.22. The number of morpholine rings is 1. The Balaban J connectivity index is 1.75. The Hall–Kier alpha value is -1.13. The maximum Gasteiger partial charge on any atom is 0.238 e. The molecule has 17 heavy (non-hydrogen) atoms. The molecule has 1 saturated heterocycles. The van der Waals surface area contributed by atoms with E-state index in [1.165, 1.54) is 0 Å². The van der Waals surface area contributed by atoms with Crippen LogP contribution in [-0.2, 0) is 9.53 Å². The van der Waals surface area contributed by atoms with Crippen molar-refractivity contribution in [1.29, 1.82) is 0 Å². The number of allylic oxidation sites excluding steroid dienone is 3. The third kappa shape index (κ3) is 3.98. The second kappa shape index (κ2) is 5.98. The fourth-order valence-electron chi connectivity index (χ4n) is 1.98. The van der Waals surface area contributed by atoms with Crippen LogP contribution in [0, 0.1) is 5.92 Å². The Morgan fingerprint density at radius 2 is 2.29 bits per heavy atom. The molecule has 1 heterocycles. The SMILES string of the molecule is CC1C=CC(NC(=O)CN2CCOCC2)=CC1. The summed E-state index contributed by atoms with van der Waals surface area (Å²) in [5.74, 6) is 0.646. The third-order valence-electron chi connectivity index (χ3n) is 3.07. The van der Waals surface area contributed by atoms with Crippen molar-refractivity contribution in [3.63, 3.8) is 0 Å². The normalized spacial score (nSPS) is 25.5. The first-order valence-corrected chi connectivity index (χ1v) is 6.22. The van der Waals surface area contributed by atoms with Gasteiger partial charge < -0.3 is 10.1 Å². The lowest BCUT2D eigenvalue weighted by molar-refractivity contribution is -0.122. The first kappa shape index (κ1) is 12.3. The largest absolute Gasteiger partial charge is 0.379 e. The van der Waals surface area contributed by atoms with Gasteiger partial charge in [0.05, 0.1) is 19.8 Å². The molecule has 0 bridgehead atoms. The van der Waals surface area contributed by atoms with Gasteiger partial charge in [0.2, 0.25) is 5.91 Å². The summed E-state index contributed by atoms with van der Waals surface area (Å²) in [7, 11) is 0. The summed E-state index contributed by atoms with van der Waals surface area (Å²) in [6.07, 6.45) is 7.21. The standard InChI is InChI=1S/C13H20N2O2/c1-11-2-4-12(5-3-11)14-13(16)10-15-6-8-17-9-7-15/h2,4-5,11H,3,6-10H2,1H3,(H,14,16). The molecule has 0 aromatic carbocycles. The highest BCUT2D eigenvalue weighted by Gasteiger charge is 2.14. The van der Waals surface area contributed by atoms with E-state index in [2.05, 4.69) is 29.3 Å². The molecule has 0 spiro atoms. The maximum atomic E-state index is 11.8. The molecule has 1 amide bonds. The second-order valence-electron chi connectivity index (χ2n) is 4.67. The lowest BCUT2D eigenvalue weighted by Crippen LogP contribution is -2.42. The smallest absolute Gasteiger partial charge is 0.238 e. The van der Waals surface area contributed by atoms with Crippen LogP contribution in [0.5, 0.6) is 0 Å². The number of nitrogens with zero attached hydrogens (tertiary/aromatic N) is 1. The summed E-state index contributed by atoms with van der Waals surface area (Å²) in [6, 6.07) is 0. The number of carbonyl (C=O) groups excluding carboxylic acids is 1. The minimum atomic E-state index is 0.0670. The lowest BCUT2D eigenvalue weighted by Gasteiger charge is -2.26. The monoisotopic (exact) mass is 236 g/mol. The number of ether oxygens (including phenoxy) is 1. The highest BCUT2D eigenvalue weighted by molar-refractivity contribution is 5.80. The number of amides is 1. The van der Waals surface area contributed by atoms with Crippen LogP contribution in [-0.4, -0.2) is 43.7 Å². The molecular formula is C13H20N2O2. The molecule has 4 heteroatoms. The van der Waals surface area contributed by atoms with Crippen molar-refractivity contribution in [2.45, 2.75) is 13.3 Å². The van der Waals surface area contributed by atoms with E-state index in [9.17, 15) is 4.79 Å². The Morgan fingerprint density at radius 1 is 1.53 bits per heavy atom. The molecule has 0 aromatic rings. The van der Waals surface area contributed by atoms with E-state index in [1.54, 1.807) is 0 Å². The van der Waals surface area contributed by atoms with E-state index in [-0.39, 0.29) is 5.91 Å². The van der Waals surface area contributed by atoms with Gasteiger partial charge in [-0.05, 0) is 18.4 Å². The van der Waals surface area contributed by atoms with Crippen molar-refractivity contribution in [3.8, 4) is 0 Å². The predicted octanol–water partition coefficient (Wildman–Crippen LogP) is 0.915. The molecular weight excluding hydrogens is 216 g/mol. The van der Waals surface area contributed by atoms with Gasteiger partial charge in [0.15, 0.2) is 0 Å². The molecule has 0 radical (unpaired) electrons. The van der Waals surface area contributed by atoms with E-state index in [1.807, 2.05) is 6.08 Å². The summed E-state index contributed by atoms with van der Waals surface area (Å²) < 4.78 is 5.25. The van der Waals surface area contributed by atoms with Crippen molar-refractivity contribution in [3.05, 3.63) is 23.9 Å². The van der Waals surface area contributed by atoms with Gasteiger partial charge >= 0.3 is 0 Å². The molecule has 1 unspecified atom stereocenters. The van der Waals surface area contributed by atoms with E-state index in [0.29, 0.717) is 12.5 Å². The number of nitrogens with one attached hydrogen (secondary N) is 1. The zero-order chi connectivity index (χ0) is 12.1. The Kier molecular flexibility index (Phi) is 4.34. The minimum absolute atomic E-state index is 0.0670. The van der Waals surface area contributed by atoms with E-state index >= 15 is 0 Å². The topological polar surface area (TPSA) is 41.6 Å². The van der Waals surface area contributed by atoms with Crippen molar-refractivity contribution < 1.29 is 9.53 Å². The van der Waals surface area contributed by atoms with Crippen molar-refractivity contribution in [1.82, 2.24) is 10.2 Å². The molecule has 0 saturated carbocycles. The Bertz CT molecular complexity index is 330. The van der Waals surface area contributed by atoms with Crippen LogP contribution in [0.1, 0.15) is 13.3 Å². The lowest BCUT2D eigenvalue weighted by atomic mass is 10.0. The second-order valence-corrected chi connectivity index (χ2v) is 4.67. The van der Waals surface area contributed by atoms with Crippen LogP contribution in [0.25, 0.3) is 0 Å². The first-order chi connectivity index (χ1) is 8.24. The maximum absolute atomic E-state index is 11.8. The molecule has 94 valence electrons. The molecule has 2 rings (SSSR count). The van der Waals surface area contributed by atoms with Crippen molar-refractivity contribution in [2.75, 3.05) is 32.8 Å². The molecule has 0 aromatic heterocycles. The predicted molar refractivity (Wildman–Crippen MR) is 66.4 cm³/mol. The summed E-state index contributed by atoms with van der Waals surface area (Å²) in [4.78, 5) is 13.9.